The monoisotopic (exact) mass is 351 g/mol. The first kappa shape index (κ1) is 16.6. The van der Waals surface area contributed by atoms with E-state index >= 15 is 0 Å². The van der Waals surface area contributed by atoms with Crippen molar-refractivity contribution in [1.29, 1.82) is 0 Å². The number of benzene rings is 1. The average molecular weight is 352 g/mol. The van der Waals surface area contributed by atoms with Crippen LogP contribution in [0.5, 0.6) is 0 Å². The van der Waals surface area contributed by atoms with Crippen LogP contribution >= 0.6 is 11.6 Å². The number of quaternary nitrogens is 1. The zero-order valence-electron chi connectivity index (χ0n) is 12.5. The van der Waals surface area contributed by atoms with Crippen LogP contribution in [0, 0.1) is 12.1 Å². The highest BCUT2D eigenvalue weighted by molar-refractivity contribution is 6.34. The van der Waals surface area contributed by atoms with Crippen LogP contribution in [0.15, 0.2) is 35.1 Å². The Morgan fingerprint density at radius 1 is 1.38 bits per heavy atom. The molecular formula is C14H14ClN5O4. The Labute approximate surface area is 141 Å². The molecule has 9 nitrogen and oxygen atoms in total. The van der Waals surface area contributed by atoms with Gasteiger partial charge in [-0.15, -0.1) is 0 Å². The lowest BCUT2D eigenvalue weighted by atomic mass is 9.95. The molecule has 0 amide bonds. The number of aromatic nitrogens is 2. The highest BCUT2D eigenvalue weighted by Crippen LogP contribution is 2.37. The average Bonchev–Trinajstić information content (AvgIpc) is 2.53. The lowest BCUT2D eigenvalue weighted by Crippen LogP contribution is -2.99. The fraction of sp³-hybridized carbons (Fsp3) is 0.214. The molecule has 0 aliphatic carbocycles. The number of nitrogens with zero attached hydrogens (tertiary/aromatic N) is 2. The molecule has 1 aliphatic heterocycles. The Kier molecular flexibility index (Phi) is 4.35. The number of H-pyrrole nitrogens is 1. The number of carbonyl (C=O) groups excluding carboxylic acids is 1. The number of carbonyl (C=O) groups is 1. The Hall–Kier alpha value is -2.30. The summed E-state index contributed by atoms with van der Waals surface area (Å²) in [6.45, 7) is 1.67. The maximum Gasteiger partial charge on any atom is 0.252 e. The van der Waals surface area contributed by atoms with Gasteiger partial charge in [0.1, 0.15) is 6.04 Å². The first-order valence-electron chi connectivity index (χ1n) is 7.01. The summed E-state index contributed by atoms with van der Waals surface area (Å²) in [6, 6.07) is 6.58. The molecule has 0 saturated carbocycles. The van der Waals surface area contributed by atoms with Crippen molar-refractivity contribution in [3.63, 3.8) is 0 Å². The van der Waals surface area contributed by atoms with Gasteiger partial charge < -0.3 is 5.21 Å². The van der Waals surface area contributed by atoms with Gasteiger partial charge in [-0.2, -0.15) is 10.2 Å². The minimum atomic E-state index is -1.05. The largest absolute Gasteiger partial charge is 0.595 e. The van der Waals surface area contributed by atoms with Crippen LogP contribution in [0.1, 0.15) is 17.3 Å². The fourth-order valence-electron chi connectivity index (χ4n) is 2.46. The van der Waals surface area contributed by atoms with E-state index in [4.69, 9.17) is 16.8 Å². The summed E-state index contributed by atoms with van der Waals surface area (Å²) in [5.41, 5.74) is 2.80. The SMILES string of the molecule is Cc1cc(=O)[nH]c(NN2C(Cl)C(=O)C2c2ccc([NH+]([O-])O)cc2)n1. The van der Waals surface area contributed by atoms with E-state index in [1.165, 1.54) is 23.2 Å². The van der Waals surface area contributed by atoms with Gasteiger partial charge >= 0.3 is 0 Å². The summed E-state index contributed by atoms with van der Waals surface area (Å²) in [5.74, 6) is -0.0625. The van der Waals surface area contributed by atoms with E-state index in [1.54, 1.807) is 19.1 Å². The van der Waals surface area contributed by atoms with E-state index in [-0.39, 0.29) is 23.0 Å². The van der Waals surface area contributed by atoms with Crippen molar-refractivity contribution in [2.24, 2.45) is 0 Å². The molecule has 1 aliphatic rings. The minimum absolute atomic E-state index is 0.122. The lowest BCUT2D eigenvalue weighted by molar-refractivity contribution is -0.991. The van der Waals surface area contributed by atoms with Crippen LogP contribution in [0.25, 0.3) is 0 Å². The number of aromatic amines is 1. The predicted molar refractivity (Wildman–Crippen MR) is 84.7 cm³/mol. The first-order chi connectivity index (χ1) is 11.4. The molecule has 0 radical (unpaired) electrons. The quantitative estimate of drug-likeness (QED) is 0.347. The molecule has 24 heavy (non-hydrogen) atoms. The summed E-state index contributed by atoms with van der Waals surface area (Å²) < 4.78 is 0. The van der Waals surface area contributed by atoms with Crippen molar-refractivity contribution in [1.82, 2.24) is 15.0 Å². The first-order valence-corrected chi connectivity index (χ1v) is 7.44. The molecule has 1 aromatic carbocycles. The second-order valence-corrected chi connectivity index (χ2v) is 5.74. The van der Waals surface area contributed by atoms with E-state index in [0.717, 1.165) is 0 Å². The van der Waals surface area contributed by atoms with Crippen LogP contribution in [0.4, 0.5) is 11.6 Å². The molecule has 2 heterocycles. The van der Waals surface area contributed by atoms with Gasteiger partial charge in [0, 0.05) is 23.9 Å². The second-order valence-electron chi connectivity index (χ2n) is 5.32. The van der Waals surface area contributed by atoms with Gasteiger partial charge in [0.05, 0.1) is 0 Å². The lowest BCUT2D eigenvalue weighted by Gasteiger charge is -2.43. The molecule has 1 saturated heterocycles. The zero-order chi connectivity index (χ0) is 17.4. The molecule has 1 aromatic heterocycles. The van der Waals surface area contributed by atoms with E-state index < -0.39 is 16.8 Å². The smallest absolute Gasteiger partial charge is 0.252 e. The number of halogens is 1. The highest BCUT2D eigenvalue weighted by atomic mass is 35.5. The fourth-order valence-corrected chi connectivity index (χ4v) is 2.74. The molecule has 0 bridgehead atoms. The van der Waals surface area contributed by atoms with Crippen molar-refractivity contribution < 1.29 is 15.2 Å². The molecule has 3 atom stereocenters. The number of Topliss-reactive ketones (excluding diaryl/α,β-unsaturated/α-hetero) is 1. The van der Waals surface area contributed by atoms with Gasteiger partial charge in [0.25, 0.3) is 5.56 Å². The minimum Gasteiger partial charge on any atom is -0.595 e. The third-order valence-corrected chi connectivity index (χ3v) is 4.03. The van der Waals surface area contributed by atoms with Gasteiger partial charge in [-0.25, -0.2) is 10.2 Å². The molecule has 2 aromatic rings. The van der Waals surface area contributed by atoms with Crippen molar-refractivity contribution in [2.45, 2.75) is 18.5 Å². The standard InChI is InChI=1S/C14H14ClN5O4/c1-7-6-10(21)17-14(16-7)18-19-11(12(22)13(19)15)8-2-4-9(5-3-8)20(23)24/h2-6,11,13,20,23H,1H3,(H2,16,17,18,21). The van der Waals surface area contributed by atoms with Gasteiger partial charge in [-0.1, -0.05) is 23.7 Å². The van der Waals surface area contributed by atoms with Gasteiger partial charge in [0.15, 0.2) is 17.0 Å². The number of ketones is 1. The number of anilines is 1. The van der Waals surface area contributed by atoms with E-state index in [9.17, 15) is 14.8 Å². The van der Waals surface area contributed by atoms with Crippen LogP contribution in [-0.4, -0.2) is 31.5 Å². The summed E-state index contributed by atoms with van der Waals surface area (Å²) in [7, 11) is 0. The molecule has 126 valence electrons. The second kappa shape index (κ2) is 6.30. The Bertz CT molecular complexity index is 823. The van der Waals surface area contributed by atoms with Gasteiger partial charge in [-0.05, 0) is 12.5 Å². The predicted octanol–water partition coefficient (Wildman–Crippen LogP) is -0.000480. The van der Waals surface area contributed by atoms with Crippen molar-refractivity contribution in [3.05, 3.63) is 57.2 Å². The number of hydrazine groups is 1. The number of nitrogens with one attached hydrogen (secondary N) is 3. The molecular weight excluding hydrogens is 338 g/mol. The molecule has 1 fully saturated rings. The van der Waals surface area contributed by atoms with Crippen LogP contribution < -0.4 is 16.2 Å². The number of hydrogen-bond donors (Lipinski definition) is 4. The third kappa shape index (κ3) is 3.03. The molecule has 3 rings (SSSR count). The Morgan fingerprint density at radius 3 is 2.62 bits per heavy atom. The maximum atomic E-state index is 12.1. The van der Waals surface area contributed by atoms with Crippen LogP contribution in [0.3, 0.4) is 0 Å². The van der Waals surface area contributed by atoms with Gasteiger partial charge in [0.2, 0.25) is 5.95 Å². The van der Waals surface area contributed by atoms with Crippen molar-refractivity contribution >= 4 is 29.0 Å². The number of aryl methyl sites for hydroxylation is 1. The Balaban J connectivity index is 1.84. The van der Waals surface area contributed by atoms with E-state index in [1.807, 2.05) is 0 Å². The summed E-state index contributed by atoms with van der Waals surface area (Å²) >= 11 is 6.02. The number of hydrogen-bond acceptors (Lipinski definition) is 7. The van der Waals surface area contributed by atoms with Crippen LogP contribution in [0.2, 0.25) is 0 Å². The molecule has 4 N–H and O–H groups in total. The number of rotatable bonds is 4. The van der Waals surface area contributed by atoms with Crippen molar-refractivity contribution in [2.75, 3.05) is 5.43 Å². The Morgan fingerprint density at radius 2 is 2.04 bits per heavy atom. The topological polar surface area (TPSA) is 126 Å². The zero-order valence-corrected chi connectivity index (χ0v) is 13.2. The van der Waals surface area contributed by atoms with E-state index in [0.29, 0.717) is 11.3 Å². The number of alkyl halides is 1. The normalized spacial score (nSPS) is 22.1. The maximum absolute atomic E-state index is 12.1. The molecule has 10 heteroatoms. The van der Waals surface area contributed by atoms with Gasteiger partial charge in [-0.3, -0.25) is 20.0 Å². The van der Waals surface area contributed by atoms with Crippen LogP contribution in [-0.2, 0) is 4.79 Å². The van der Waals surface area contributed by atoms with Crippen molar-refractivity contribution in [3.8, 4) is 0 Å². The highest BCUT2D eigenvalue weighted by Gasteiger charge is 2.48. The third-order valence-electron chi connectivity index (χ3n) is 3.60. The summed E-state index contributed by atoms with van der Waals surface area (Å²) in [5, 5.41) is 20.2. The molecule has 3 unspecified atom stereocenters. The van der Waals surface area contributed by atoms with E-state index in [2.05, 4.69) is 15.4 Å². The summed E-state index contributed by atoms with van der Waals surface area (Å²) in [4.78, 5) is 30.2. The molecule has 0 spiro atoms. The summed E-state index contributed by atoms with van der Waals surface area (Å²) in [6.07, 6.45) is 0.